The fourth-order valence-corrected chi connectivity index (χ4v) is 4.15. The van der Waals surface area contributed by atoms with E-state index in [1.165, 1.54) is 6.33 Å². The molecule has 0 spiro atoms. The van der Waals surface area contributed by atoms with Gasteiger partial charge in [0.15, 0.2) is 11.5 Å². The number of rotatable bonds is 8. The van der Waals surface area contributed by atoms with E-state index in [0.717, 1.165) is 49.4 Å². The topological polar surface area (TPSA) is 101 Å². The largest absolute Gasteiger partial charge is 0.383 e. The average Bonchev–Trinajstić information content (AvgIpc) is 3.38. The summed E-state index contributed by atoms with van der Waals surface area (Å²) >= 11 is 0. The highest BCUT2D eigenvalue weighted by Gasteiger charge is 2.21. The maximum Gasteiger partial charge on any atom is 0.253 e. The van der Waals surface area contributed by atoms with Gasteiger partial charge in [-0.15, -0.1) is 0 Å². The Bertz CT molecular complexity index is 1330. The second kappa shape index (κ2) is 11.1. The number of fused-ring (bicyclic) bond motifs is 1. The SMILES string of the molecule is COCCN1CCN(C(=O)c2ccc(C=NNc3ncnc4c3cnn4-c3ccccc3)cc2)CC1. The fraction of sp³-hybridized carbons (Fsp3) is 0.269. The molecule has 4 aromatic rings. The smallest absolute Gasteiger partial charge is 0.253 e. The third-order valence-corrected chi connectivity index (χ3v) is 6.18. The number of amides is 1. The Morgan fingerprint density at radius 1 is 1.06 bits per heavy atom. The first-order valence-corrected chi connectivity index (χ1v) is 11.9. The number of hydrogen-bond donors (Lipinski definition) is 1. The Labute approximate surface area is 209 Å². The number of carbonyl (C=O) groups excluding carboxylic acids is 1. The molecular formula is C26H28N8O2. The first-order chi connectivity index (χ1) is 17.7. The quantitative estimate of drug-likeness (QED) is 0.303. The van der Waals surface area contributed by atoms with Crippen LogP contribution in [0.5, 0.6) is 0 Å². The van der Waals surface area contributed by atoms with Crippen LogP contribution in [0.1, 0.15) is 15.9 Å². The summed E-state index contributed by atoms with van der Waals surface area (Å²) in [6.45, 7) is 4.80. The van der Waals surface area contributed by atoms with Crippen molar-refractivity contribution in [2.24, 2.45) is 5.10 Å². The van der Waals surface area contributed by atoms with Crippen LogP contribution in [0.25, 0.3) is 16.7 Å². The van der Waals surface area contributed by atoms with E-state index in [1.807, 2.05) is 59.5 Å². The summed E-state index contributed by atoms with van der Waals surface area (Å²) in [7, 11) is 1.71. The molecule has 1 fully saturated rings. The number of carbonyl (C=O) groups is 1. The van der Waals surface area contributed by atoms with Crippen molar-refractivity contribution in [1.82, 2.24) is 29.5 Å². The Morgan fingerprint density at radius 2 is 1.83 bits per heavy atom. The molecule has 10 nitrogen and oxygen atoms in total. The second-order valence-electron chi connectivity index (χ2n) is 8.47. The second-order valence-corrected chi connectivity index (χ2v) is 8.47. The number of piperazine rings is 1. The lowest BCUT2D eigenvalue weighted by Crippen LogP contribution is -2.49. The maximum atomic E-state index is 12.9. The molecule has 0 bridgehead atoms. The van der Waals surface area contributed by atoms with Crippen molar-refractivity contribution in [2.45, 2.75) is 0 Å². The van der Waals surface area contributed by atoms with Crippen molar-refractivity contribution < 1.29 is 9.53 Å². The van der Waals surface area contributed by atoms with Crippen LogP contribution >= 0.6 is 0 Å². The average molecular weight is 485 g/mol. The van der Waals surface area contributed by atoms with E-state index in [-0.39, 0.29) is 5.91 Å². The molecule has 0 aliphatic carbocycles. The van der Waals surface area contributed by atoms with Crippen LogP contribution in [0.15, 0.2) is 72.2 Å². The van der Waals surface area contributed by atoms with Gasteiger partial charge < -0.3 is 9.64 Å². The number of ether oxygens (including phenoxy) is 1. The molecular weight excluding hydrogens is 456 g/mol. The number of para-hydroxylation sites is 1. The molecule has 2 aromatic heterocycles. The lowest BCUT2D eigenvalue weighted by atomic mass is 10.1. The molecule has 1 aliphatic rings. The first kappa shape index (κ1) is 23.6. The Hall–Kier alpha value is -4.15. The highest BCUT2D eigenvalue weighted by molar-refractivity contribution is 5.95. The molecule has 2 aromatic carbocycles. The van der Waals surface area contributed by atoms with Gasteiger partial charge in [0, 0.05) is 45.4 Å². The summed E-state index contributed by atoms with van der Waals surface area (Å²) in [5.41, 5.74) is 6.14. The van der Waals surface area contributed by atoms with Crippen molar-refractivity contribution in [3.63, 3.8) is 0 Å². The third-order valence-electron chi connectivity index (χ3n) is 6.18. The zero-order valence-electron chi connectivity index (χ0n) is 20.1. The van der Waals surface area contributed by atoms with Crippen LogP contribution in [0.2, 0.25) is 0 Å². The van der Waals surface area contributed by atoms with Gasteiger partial charge in [-0.1, -0.05) is 30.3 Å². The number of hydrazone groups is 1. The molecule has 0 saturated carbocycles. The monoisotopic (exact) mass is 484 g/mol. The Kier molecular flexibility index (Phi) is 7.25. The standard InChI is InChI=1S/C26H28N8O2/c1-36-16-15-32-11-13-33(14-12-32)26(35)21-9-7-20(8-10-21)17-29-31-24-23-18-30-34(25(23)28-19-27-24)22-5-3-2-4-6-22/h2-10,17-19H,11-16H2,1H3,(H,27,28,31). The molecule has 10 heteroatoms. The maximum absolute atomic E-state index is 12.9. The van der Waals surface area contributed by atoms with E-state index in [2.05, 4.69) is 30.5 Å². The van der Waals surface area contributed by atoms with Gasteiger partial charge in [-0.25, -0.2) is 14.6 Å². The number of nitrogens with zero attached hydrogens (tertiary/aromatic N) is 7. The summed E-state index contributed by atoms with van der Waals surface area (Å²) in [5.74, 6) is 0.622. The molecule has 3 heterocycles. The zero-order chi connectivity index (χ0) is 24.7. The van der Waals surface area contributed by atoms with Gasteiger partial charge in [-0.3, -0.25) is 15.1 Å². The van der Waals surface area contributed by atoms with Gasteiger partial charge in [-0.05, 0) is 29.8 Å². The van der Waals surface area contributed by atoms with E-state index >= 15 is 0 Å². The molecule has 0 atom stereocenters. The molecule has 36 heavy (non-hydrogen) atoms. The summed E-state index contributed by atoms with van der Waals surface area (Å²) in [6.07, 6.45) is 4.90. The molecule has 5 rings (SSSR count). The Morgan fingerprint density at radius 3 is 2.58 bits per heavy atom. The van der Waals surface area contributed by atoms with Gasteiger partial charge in [0.25, 0.3) is 5.91 Å². The van der Waals surface area contributed by atoms with Crippen LogP contribution in [0.3, 0.4) is 0 Å². The van der Waals surface area contributed by atoms with Crippen molar-refractivity contribution in [2.75, 3.05) is 51.9 Å². The lowest BCUT2D eigenvalue weighted by molar-refractivity contribution is 0.0594. The molecule has 1 N–H and O–H groups in total. The molecule has 184 valence electrons. The van der Waals surface area contributed by atoms with Crippen molar-refractivity contribution in [1.29, 1.82) is 0 Å². The molecule has 1 amide bonds. The van der Waals surface area contributed by atoms with Crippen LogP contribution in [-0.4, -0.2) is 88.1 Å². The van der Waals surface area contributed by atoms with Gasteiger partial charge in [-0.2, -0.15) is 10.2 Å². The van der Waals surface area contributed by atoms with Gasteiger partial charge >= 0.3 is 0 Å². The van der Waals surface area contributed by atoms with Gasteiger partial charge in [0.1, 0.15) is 6.33 Å². The van der Waals surface area contributed by atoms with Gasteiger partial charge in [0.2, 0.25) is 0 Å². The summed E-state index contributed by atoms with van der Waals surface area (Å²) < 4.78 is 6.91. The highest BCUT2D eigenvalue weighted by atomic mass is 16.5. The van der Waals surface area contributed by atoms with Crippen LogP contribution in [0, 0.1) is 0 Å². The van der Waals surface area contributed by atoms with Crippen molar-refractivity contribution in [3.8, 4) is 5.69 Å². The molecule has 0 radical (unpaired) electrons. The first-order valence-electron chi connectivity index (χ1n) is 11.9. The number of methoxy groups -OCH3 is 1. The molecule has 1 saturated heterocycles. The highest BCUT2D eigenvalue weighted by Crippen LogP contribution is 2.21. The number of aromatic nitrogens is 4. The predicted octanol–water partition coefficient (Wildman–Crippen LogP) is 2.67. The molecule has 1 aliphatic heterocycles. The van der Waals surface area contributed by atoms with Crippen molar-refractivity contribution in [3.05, 3.63) is 78.2 Å². The van der Waals surface area contributed by atoms with E-state index in [4.69, 9.17) is 4.74 Å². The summed E-state index contributed by atoms with van der Waals surface area (Å²) in [6, 6.07) is 17.3. The minimum atomic E-state index is 0.0572. The third kappa shape index (κ3) is 5.24. The predicted molar refractivity (Wildman–Crippen MR) is 139 cm³/mol. The minimum absolute atomic E-state index is 0.0572. The fourth-order valence-electron chi connectivity index (χ4n) is 4.15. The zero-order valence-corrected chi connectivity index (χ0v) is 20.1. The van der Waals surface area contributed by atoms with E-state index in [1.54, 1.807) is 24.2 Å². The minimum Gasteiger partial charge on any atom is -0.383 e. The van der Waals surface area contributed by atoms with E-state index in [9.17, 15) is 4.79 Å². The van der Waals surface area contributed by atoms with Crippen LogP contribution in [-0.2, 0) is 4.74 Å². The lowest BCUT2D eigenvalue weighted by Gasteiger charge is -2.34. The Balaban J connectivity index is 1.20. The van der Waals surface area contributed by atoms with E-state index in [0.29, 0.717) is 23.6 Å². The summed E-state index contributed by atoms with van der Waals surface area (Å²) in [4.78, 5) is 25.8. The van der Waals surface area contributed by atoms with Crippen LogP contribution in [0.4, 0.5) is 5.82 Å². The number of hydrogen-bond acceptors (Lipinski definition) is 8. The van der Waals surface area contributed by atoms with Crippen molar-refractivity contribution >= 4 is 29.0 Å². The van der Waals surface area contributed by atoms with Gasteiger partial charge in [0.05, 0.1) is 30.1 Å². The number of nitrogens with one attached hydrogen (secondary N) is 1. The number of benzene rings is 2. The van der Waals surface area contributed by atoms with E-state index < -0.39 is 0 Å². The molecule has 0 unspecified atom stereocenters. The number of anilines is 1. The van der Waals surface area contributed by atoms with Crippen LogP contribution < -0.4 is 5.43 Å². The normalized spacial score (nSPS) is 14.5. The summed E-state index contributed by atoms with van der Waals surface area (Å²) in [5, 5.41) is 9.55.